The summed E-state index contributed by atoms with van der Waals surface area (Å²) in [5, 5.41) is 0. The summed E-state index contributed by atoms with van der Waals surface area (Å²) >= 11 is 0. The summed E-state index contributed by atoms with van der Waals surface area (Å²) in [4.78, 5) is 1.82. The van der Waals surface area contributed by atoms with Crippen LogP contribution in [0.5, 0.6) is 0 Å². The topological polar surface area (TPSA) is 19.7 Å². The fraction of sp³-hybridized carbons (Fsp3) is 0.571. The first kappa shape index (κ1) is 14.6. The molecule has 0 fully saturated rings. The third kappa shape index (κ3) is 1.81. The molecule has 0 aromatic carbocycles. The van der Waals surface area contributed by atoms with Gasteiger partial charge in [-0.2, -0.15) is 44.1 Å². The molecule has 0 aliphatic carbocycles. The number of halogens is 9. The summed E-state index contributed by atoms with van der Waals surface area (Å²) in [6, 6.07) is -5.76. The van der Waals surface area contributed by atoms with E-state index in [-0.39, 0.29) is 12.5 Å². The molecule has 1 heterocycles. The van der Waals surface area contributed by atoms with Crippen LogP contribution in [-0.4, -0.2) is 23.0 Å². The van der Waals surface area contributed by atoms with E-state index < -0.39 is 28.6 Å². The van der Waals surface area contributed by atoms with E-state index in [1.165, 1.54) is 0 Å². The van der Waals surface area contributed by atoms with Crippen LogP contribution < -0.4 is 4.57 Å². The Hall–Kier alpha value is -1.42. The van der Waals surface area contributed by atoms with E-state index in [1.54, 1.807) is 0 Å². The number of alkyl halides is 9. The first-order valence-electron chi connectivity index (χ1n) is 4.10. The maximum absolute atomic E-state index is 13.0. The second kappa shape index (κ2) is 3.79. The number of aromatic amines is 1. The zero-order valence-corrected chi connectivity index (χ0v) is 8.08. The SMILES string of the molecule is FC(F)(F)C(F)(F)C(F)(F)C(F)(F)[n+]1cc[nH]c1. The molecule has 0 atom stereocenters. The third-order valence-electron chi connectivity index (χ3n) is 2.00. The minimum absolute atomic E-state index is 0.125. The Kier molecular flexibility index (Phi) is 3.08. The van der Waals surface area contributed by atoms with Crippen molar-refractivity contribution in [3.63, 3.8) is 0 Å². The van der Waals surface area contributed by atoms with Gasteiger partial charge in [-0.15, -0.1) is 0 Å². The minimum Gasteiger partial charge on any atom is -0.250 e. The van der Waals surface area contributed by atoms with Gasteiger partial charge in [0.1, 0.15) is 12.4 Å². The van der Waals surface area contributed by atoms with Crippen molar-refractivity contribution in [1.29, 1.82) is 0 Å². The lowest BCUT2D eigenvalue weighted by atomic mass is 10.1. The Balaban J connectivity index is 3.30. The number of hydrogen-bond acceptors (Lipinski definition) is 0. The van der Waals surface area contributed by atoms with Crippen molar-refractivity contribution in [3.8, 4) is 0 Å². The zero-order valence-electron chi connectivity index (χ0n) is 8.08. The molecule has 1 aromatic rings. The van der Waals surface area contributed by atoms with E-state index in [2.05, 4.69) is 0 Å². The predicted molar refractivity (Wildman–Crippen MR) is 37.1 cm³/mol. The van der Waals surface area contributed by atoms with Crippen LogP contribution in [0.25, 0.3) is 0 Å². The van der Waals surface area contributed by atoms with Crippen molar-refractivity contribution >= 4 is 0 Å². The molecule has 0 bridgehead atoms. The van der Waals surface area contributed by atoms with E-state index >= 15 is 0 Å². The summed E-state index contributed by atoms with van der Waals surface area (Å²) in [6.45, 7) is 0. The highest BCUT2D eigenvalue weighted by Gasteiger charge is 2.84. The molecule has 0 aliphatic heterocycles. The largest absolute Gasteiger partial charge is 0.469 e. The standard InChI is InChI=1S/C7H3F9N2/c8-4(9,6(12,13)14)5(10,11)7(15,16)18-2-1-17-3-18/h1-3H/p+1. The monoisotopic (exact) mass is 287 g/mol. The zero-order chi connectivity index (χ0) is 14.4. The molecule has 1 aromatic heterocycles. The van der Waals surface area contributed by atoms with Crippen LogP contribution in [0.3, 0.4) is 0 Å². The van der Waals surface area contributed by atoms with Gasteiger partial charge in [-0.3, -0.25) is 4.98 Å². The number of rotatable bonds is 3. The van der Waals surface area contributed by atoms with Crippen molar-refractivity contribution in [2.75, 3.05) is 0 Å². The highest BCUT2D eigenvalue weighted by molar-refractivity contribution is 4.94. The molecule has 1 N–H and O–H groups in total. The van der Waals surface area contributed by atoms with Crippen molar-refractivity contribution in [2.24, 2.45) is 0 Å². The summed E-state index contributed by atoms with van der Waals surface area (Å²) in [5.41, 5.74) is 0. The highest BCUT2D eigenvalue weighted by atomic mass is 19.4. The van der Waals surface area contributed by atoms with Crippen LogP contribution in [0, 0.1) is 0 Å². The van der Waals surface area contributed by atoms with Crippen molar-refractivity contribution in [2.45, 2.75) is 24.1 Å². The van der Waals surface area contributed by atoms with Gasteiger partial charge < -0.3 is 0 Å². The van der Waals surface area contributed by atoms with Crippen LogP contribution in [0.15, 0.2) is 18.7 Å². The molecule has 11 heteroatoms. The molecule has 0 spiro atoms. The van der Waals surface area contributed by atoms with Crippen molar-refractivity contribution in [1.82, 2.24) is 4.98 Å². The van der Waals surface area contributed by atoms with Gasteiger partial charge in [0.2, 0.25) is 6.33 Å². The van der Waals surface area contributed by atoms with Crippen molar-refractivity contribution in [3.05, 3.63) is 18.7 Å². The second-order valence-corrected chi connectivity index (χ2v) is 3.21. The van der Waals surface area contributed by atoms with Gasteiger partial charge in [0.05, 0.1) is 0 Å². The van der Waals surface area contributed by atoms with Gasteiger partial charge in [-0.1, -0.05) is 0 Å². The van der Waals surface area contributed by atoms with Crippen LogP contribution in [0.4, 0.5) is 39.5 Å². The Morgan fingerprint density at radius 2 is 1.28 bits per heavy atom. The average molecular weight is 287 g/mol. The van der Waals surface area contributed by atoms with Gasteiger partial charge in [0.25, 0.3) is 0 Å². The Bertz CT molecular complexity index is 405. The Morgan fingerprint density at radius 1 is 0.778 bits per heavy atom. The normalized spacial score (nSPS) is 14.9. The van der Waals surface area contributed by atoms with E-state index in [9.17, 15) is 39.5 Å². The predicted octanol–water partition coefficient (Wildman–Crippen LogP) is 2.68. The summed E-state index contributed by atoms with van der Waals surface area (Å²) in [7, 11) is 0. The Morgan fingerprint density at radius 3 is 1.61 bits per heavy atom. The Labute approximate surface area is 93.0 Å². The van der Waals surface area contributed by atoms with Gasteiger partial charge in [-0.05, 0) is 0 Å². The van der Waals surface area contributed by atoms with Crippen LogP contribution >= 0.6 is 0 Å². The molecule has 104 valence electrons. The van der Waals surface area contributed by atoms with Gasteiger partial charge in [0.15, 0.2) is 0 Å². The van der Waals surface area contributed by atoms with Gasteiger partial charge >= 0.3 is 24.1 Å². The van der Waals surface area contributed by atoms with Gasteiger partial charge in [-0.25, -0.2) is 0 Å². The van der Waals surface area contributed by atoms with Crippen LogP contribution in [-0.2, 0) is 6.05 Å². The number of nitrogens with zero attached hydrogens (tertiary/aromatic N) is 1. The maximum atomic E-state index is 13.0. The molecule has 0 unspecified atom stereocenters. The molecule has 0 radical (unpaired) electrons. The smallest absolute Gasteiger partial charge is 0.250 e. The first-order chi connectivity index (χ1) is 7.86. The number of aromatic nitrogens is 2. The van der Waals surface area contributed by atoms with E-state index in [0.717, 1.165) is 0 Å². The average Bonchev–Trinajstić information content (AvgIpc) is 2.68. The molecule has 0 amide bonds. The molecular formula is C7H4F9N2+. The van der Waals surface area contributed by atoms with Crippen LogP contribution in [0.1, 0.15) is 0 Å². The molecule has 0 saturated carbocycles. The number of imidazole rings is 1. The fourth-order valence-electron chi connectivity index (χ4n) is 0.993. The minimum atomic E-state index is -6.88. The third-order valence-corrected chi connectivity index (χ3v) is 2.00. The van der Waals surface area contributed by atoms with Crippen molar-refractivity contribution < 1.29 is 44.1 Å². The number of nitrogens with one attached hydrogen (secondary N) is 1. The van der Waals surface area contributed by atoms with Crippen LogP contribution in [0.2, 0.25) is 0 Å². The summed E-state index contributed by atoms with van der Waals surface area (Å²) in [6.07, 6.45) is -5.84. The molecular weight excluding hydrogens is 283 g/mol. The quantitative estimate of drug-likeness (QED) is 0.651. The maximum Gasteiger partial charge on any atom is 0.469 e. The molecule has 2 nitrogen and oxygen atoms in total. The lowest BCUT2D eigenvalue weighted by molar-refractivity contribution is -0.849. The molecule has 0 aliphatic rings. The number of H-pyrrole nitrogens is 1. The molecule has 0 saturated heterocycles. The lowest BCUT2D eigenvalue weighted by Crippen LogP contribution is -2.69. The lowest BCUT2D eigenvalue weighted by Gasteiger charge is -2.31. The number of hydrogen-bond donors (Lipinski definition) is 1. The van der Waals surface area contributed by atoms with E-state index in [0.29, 0.717) is 6.20 Å². The molecule has 18 heavy (non-hydrogen) atoms. The molecule has 1 rings (SSSR count). The van der Waals surface area contributed by atoms with Gasteiger partial charge in [0, 0.05) is 0 Å². The highest BCUT2D eigenvalue weighted by Crippen LogP contribution is 2.52. The second-order valence-electron chi connectivity index (χ2n) is 3.21. The first-order valence-corrected chi connectivity index (χ1v) is 4.10. The van der Waals surface area contributed by atoms with E-state index in [4.69, 9.17) is 0 Å². The fourth-order valence-corrected chi connectivity index (χ4v) is 0.993. The summed E-state index contributed by atoms with van der Waals surface area (Å²) in [5.74, 6) is -13.5. The van der Waals surface area contributed by atoms with E-state index in [1.807, 2.05) is 4.98 Å². The summed E-state index contributed by atoms with van der Waals surface area (Å²) < 4.78 is 111.